The lowest BCUT2D eigenvalue weighted by Crippen LogP contribution is -2.36. The van der Waals surface area contributed by atoms with E-state index in [2.05, 4.69) is 24.5 Å². The first-order valence-electron chi connectivity index (χ1n) is 6.73. The summed E-state index contributed by atoms with van der Waals surface area (Å²) >= 11 is 0. The Labute approximate surface area is 104 Å². The second-order valence-electron chi connectivity index (χ2n) is 5.23. The van der Waals surface area contributed by atoms with Gasteiger partial charge in [0.25, 0.3) is 0 Å². The van der Waals surface area contributed by atoms with Crippen LogP contribution < -0.4 is 10.6 Å². The van der Waals surface area contributed by atoms with Crippen LogP contribution in [-0.2, 0) is 9.53 Å². The maximum absolute atomic E-state index is 11.4. The molecule has 17 heavy (non-hydrogen) atoms. The van der Waals surface area contributed by atoms with Crippen LogP contribution >= 0.6 is 0 Å². The molecule has 1 saturated carbocycles. The fourth-order valence-corrected chi connectivity index (χ4v) is 1.44. The van der Waals surface area contributed by atoms with Crippen molar-refractivity contribution in [2.75, 3.05) is 32.8 Å². The lowest BCUT2D eigenvalue weighted by Gasteiger charge is -2.08. The summed E-state index contributed by atoms with van der Waals surface area (Å²) in [6, 6.07) is 0. The van der Waals surface area contributed by atoms with E-state index in [-0.39, 0.29) is 5.91 Å². The van der Waals surface area contributed by atoms with Crippen molar-refractivity contribution in [3.8, 4) is 0 Å². The molecule has 1 aliphatic rings. The van der Waals surface area contributed by atoms with Crippen LogP contribution in [0.5, 0.6) is 0 Å². The fraction of sp³-hybridized carbons (Fsp3) is 0.923. The van der Waals surface area contributed by atoms with Crippen LogP contribution in [-0.4, -0.2) is 38.8 Å². The average molecular weight is 242 g/mol. The van der Waals surface area contributed by atoms with E-state index in [0.29, 0.717) is 19.1 Å². The second kappa shape index (κ2) is 8.48. The van der Waals surface area contributed by atoms with Gasteiger partial charge in [-0.15, -0.1) is 0 Å². The highest BCUT2D eigenvalue weighted by Crippen LogP contribution is 2.28. The van der Waals surface area contributed by atoms with Gasteiger partial charge in [-0.3, -0.25) is 4.79 Å². The van der Waals surface area contributed by atoms with Gasteiger partial charge in [0, 0.05) is 19.7 Å². The zero-order chi connectivity index (χ0) is 12.5. The zero-order valence-corrected chi connectivity index (χ0v) is 11.1. The van der Waals surface area contributed by atoms with E-state index in [9.17, 15) is 4.79 Å². The Morgan fingerprint density at radius 1 is 1.35 bits per heavy atom. The molecule has 0 aromatic rings. The zero-order valence-electron chi connectivity index (χ0n) is 11.1. The van der Waals surface area contributed by atoms with E-state index in [4.69, 9.17) is 4.74 Å². The van der Waals surface area contributed by atoms with Crippen molar-refractivity contribution in [2.24, 2.45) is 11.8 Å². The van der Waals surface area contributed by atoms with Gasteiger partial charge in [-0.1, -0.05) is 13.8 Å². The molecule has 0 aromatic carbocycles. The predicted octanol–water partition coefficient (Wildman–Crippen LogP) is 1.16. The van der Waals surface area contributed by atoms with Crippen LogP contribution in [0, 0.1) is 11.8 Å². The Morgan fingerprint density at radius 3 is 2.76 bits per heavy atom. The van der Waals surface area contributed by atoms with Crippen LogP contribution in [0.3, 0.4) is 0 Å². The topological polar surface area (TPSA) is 50.4 Å². The Balaban J connectivity index is 1.79. The minimum Gasteiger partial charge on any atom is -0.380 e. The number of carbonyl (C=O) groups excluding carboxylic acids is 1. The minimum absolute atomic E-state index is 0.0767. The number of nitrogens with one attached hydrogen (secondary N) is 2. The molecule has 0 unspecified atom stereocenters. The van der Waals surface area contributed by atoms with E-state index in [1.54, 1.807) is 0 Å². The van der Waals surface area contributed by atoms with Gasteiger partial charge in [0.2, 0.25) is 5.91 Å². The van der Waals surface area contributed by atoms with Gasteiger partial charge in [0.05, 0.1) is 13.2 Å². The molecule has 0 aliphatic heterocycles. The van der Waals surface area contributed by atoms with E-state index < -0.39 is 0 Å². The van der Waals surface area contributed by atoms with Crippen LogP contribution in [0.4, 0.5) is 0 Å². The van der Waals surface area contributed by atoms with Crippen LogP contribution in [0.15, 0.2) is 0 Å². The summed E-state index contributed by atoms with van der Waals surface area (Å²) in [4.78, 5) is 11.4. The summed E-state index contributed by atoms with van der Waals surface area (Å²) in [7, 11) is 0. The van der Waals surface area contributed by atoms with Crippen molar-refractivity contribution in [1.82, 2.24) is 10.6 Å². The van der Waals surface area contributed by atoms with Crippen molar-refractivity contribution < 1.29 is 9.53 Å². The highest BCUT2D eigenvalue weighted by Gasteiger charge is 2.20. The van der Waals surface area contributed by atoms with E-state index >= 15 is 0 Å². The number of hydrogen-bond donors (Lipinski definition) is 2. The molecule has 100 valence electrons. The highest BCUT2D eigenvalue weighted by atomic mass is 16.5. The quantitative estimate of drug-likeness (QED) is 0.565. The van der Waals surface area contributed by atoms with E-state index in [1.807, 2.05) is 0 Å². The molecule has 0 radical (unpaired) electrons. The molecule has 1 aliphatic carbocycles. The van der Waals surface area contributed by atoms with Crippen LogP contribution in [0.25, 0.3) is 0 Å². The van der Waals surface area contributed by atoms with Crippen molar-refractivity contribution in [3.63, 3.8) is 0 Å². The van der Waals surface area contributed by atoms with E-state index in [0.717, 1.165) is 32.0 Å². The molecule has 4 heteroatoms. The molecule has 1 rings (SSSR count). The third kappa shape index (κ3) is 9.12. The van der Waals surface area contributed by atoms with Crippen molar-refractivity contribution in [3.05, 3.63) is 0 Å². The molecule has 4 nitrogen and oxygen atoms in total. The van der Waals surface area contributed by atoms with Crippen LogP contribution in [0.2, 0.25) is 0 Å². The highest BCUT2D eigenvalue weighted by molar-refractivity contribution is 5.77. The largest absolute Gasteiger partial charge is 0.380 e. The van der Waals surface area contributed by atoms with Gasteiger partial charge in [0.1, 0.15) is 0 Å². The standard InChI is InChI=1S/C13H26N2O2/c1-11(2)5-6-15-13(16)9-14-7-8-17-10-12-3-4-12/h11-12,14H,3-10H2,1-2H3,(H,15,16). The monoisotopic (exact) mass is 242 g/mol. The fourth-order valence-electron chi connectivity index (χ4n) is 1.44. The SMILES string of the molecule is CC(C)CCNC(=O)CNCCOCC1CC1. The summed E-state index contributed by atoms with van der Waals surface area (Å²) < 4.78 is 5.46. The normalized spacial score (nSPS) is 15.2. The molecular weight excluding hydrogens is 216 g/mol. The third-order valence-corrected chi connectivity index (χ3v) is 2.80. The van der Waals surface area contributed by atoms with Gasteiger partial charge < -0.3 is 15.4 Å². The lowest BCUT2D eigenvalue weighted by atomic mass is 10.1. The first-order valence-corrected chi connectivity index (χ1v) is 6.73. The molecule has 0 spiro atoms. The summed E-state index contributed by atoms with van der Waals surface area (Å²) in [6.07, 6.45) is 3.69. The number of amides is 1. The predicted molar refractivity (Wildman–Crippen MR) is 68.9 cm³/mol. The molecule has 0 saturated heterocycles. The smallest absolute Gasteiger partial charge is 0.233 e. The first-order chi connectivity index (χ1) is 8.18. The second-order valence-corrected chi connectivity index (χ2v) is 5.23. The molecule has 0 heterocycles. The van der Waals surface area contributed by atoms with Crippen molar-refractivity contribution in [2.45, 2.75) is 33.1 Å². The average Bonchev–Trinajstić information content (AvgIpc) is 3.06. The Morgan fingerprint density at radius 2 is 2.12 bits per heavy atom. The first kappa shape index (κ1) is 14.5. The van der Waals surface area contributed by atoms with Crippen molar-refractivity contribution in [1.29, 1.82) is 0 Å². The maximum Gasteiger partial charge on any atom is 0.233 e. The Kier molecular flexibility index (Phi) is 7.21. The van der Waals surface area contributed by atoms with Gasteiger partial charge in [0.15, 0.2) is 0 Å². The molecule has 1 fully saturated rings. The minimum atomic E-state index is 0.0767. The number of carbonyl (C=O) groups is 1. The Hall–Kier alpha value is -0.610. The summed E-state index contributed by atoms with van der Waals surface area (Å²) in [5, 5.41) is 5.97. The van der Waals surface area contributed by atoms with Gasteiger partial charge in [-0.2, -0.15) is 0 Å². The number of hydrogen-bond acceptors (Lipinski definition) is 3. The molecule has 0 aromatic heterocycles. The van der Waals surface area contributed by atoms with E-state index in [1.165, 1.54) is 12.8 Å². The lowest BCUT2D eigenvalue weighted by molar-refractivity contribution is -0.120. The van der Waals surface area contributed by atoms with Gasteiger partial charge in [-0.05, 0) is 31.1 Å². The molecule has 0 bridgehead atoms. The number of rotatable bonds is 10. The Bertz CT molecular complexity index is 215. The summed E-state index contributed by atoms with van der Waals surface area (Å²) in [5.74, 6) is 1.53. The molecule has 0 atom stereocenters. The summed E-state index contributed by atoms with van der Waals surface area (Å²) in [5.41, 5.74) is 0. The molecule has 1 amide bonds. The molecule has 2 N–H and O–H groups in total. The molecular formula is C13H26N2O2. The van der Waals surface area contributed by atoms with Crippen molar-refractivity contribution >= 4 is 5.91 Å². The third-order valence-electron chi connectivity index (χ3n) is 2.80. The van der Waals surface area contributed by atoms with Gasteiger partial charge >= 0.3 is 0 Å². The summed E-state index contributed by atoms with van der Waals surface area (Å²) in [6.45, 7) is 7.83. The van der Waals surface area contributed by atoms with Crippen LogP contribution in [0.1, 0.15) is 33.1 Å². The number of ether oxygens (including phenoxy) is 1. The maximum atomic E-state index is 11.4. The van der Waals surface area contributed by atoms with Gasteiger partial charge in [-0.25, -0.2) is 0 Å².